The first-order valence-corrected chi connectivity index (χ1v) is 6.66. The Bertz CT molecular complexity index is 596. The Kier molecular flexibility index (Phi) is 4.45. The molecule has 1 N–H and O–H groups in total. The highest BCUT2D eigenvalue weighted by Crippen LogP contribution is 2.33. The van der Waals surface area contributed by atoms with Gasteiger partial charge in [0, 0.05) is 30.9 Å². The molecule has 1 heterocycles. The van der Waals surface area contributed by atoms with Crippen molar-refractivity contribution in [2.24, 2.45) is 7.05 Å². The minimum Gasteiger partial charge on any atom is -0.313 e. The Morgan fingerprint density at radius 3 is 2.74 bits per heavy atom. The van der Waals surface area contributed by atoms with Gasteiger partial charge in [-0.3, -0.25) is 4.68 Å². The number of nitrogens with one attached hydrogen (secondary N) is 1. The van der Waals surface area contributed by atoms with E-state index in [9.17, 15) is 4.39 Å². The summed E-state index contributed by atoms with van der Waals surface area (Å²) in [4.78, 5) is 0. The van der Waals surface area contributed by atoms with Crippen LogP contribution in [-0.2, 0) is 13.6 Å². The van der Waals surface area contributed by atoms with Crippen LogP contribution in [0.15, 0.2) is 18.3 Å². The Hall–Kier alpha value is -1.10. The summed E-state index contributed by atoms with van der Waals surface area (Å²) in [5.74, 6) is -0.499. The van der Waals surface area contributed by atoms with Crippen molar-refractivity contribution in [2.45, 2.75) is 13.5 Å². The van der Waals surface area contributed by atoms with E-state index in [0.717, 1.165) is 12.1 Å². The lowest BCUT2D eigenvalue weighted by Crippen LogP contribution is -2.11. The maximum Gasteiger partial charge on any atom is 0.142 e. The van der Waals surface area contributed by atoms with E-state index in [1.54, 1.807) is 4.68 Å². The number of hydrogen-bond acceptors (Lipinski definition) is 2. The highest BCUT2D eigenvalue weighted by molar-refractivity contribution is 6.36. The normalized spacial score (nSPS) is 11.0. The van der Waals surface area contributed by atoms with E-state index < -0.39 is 5.82 Å². The fourth-order valence-corrected chi connectivity index (χ4v) is 2.33. The smallest absolute Gasteiger partial charge is 0.142 e. The zero-order valence-corrected chi connectivity index (χ0v) is 12.2. The van der Waals surface area contributed by atoms with Gasteiger partial charge in [0.25, 0.3) is 0 Å². The van der Waals surface area contributed by atoms with Crippen LogP contribution < -0.4 is 5.32 Å². The predicted octanol–water partition coefficient (Wildman–Crippen LogP) is 3.64. The summed E-state index contributed by atoms with van der Waals surface area (Å²) in [5.41, 5.74) is 2.19. The standard InChI is InChI=1S/C13H14Cl2FN3/c1-3-17-6-8-7-19(2)18-13(8)9-4-12(16)11(15)5-10(9)14/h4-5,7,17H,3,6H2,1-2H3. The van der Waals surface area contributed by atoms with E-state index in [1.807, 2.05) is 20.2 Å². The molecule has 2 rings (SSSR count). The third-order valence-corrected chi connectivity index (χ3v) is 3.34. The molecule has 102 valence electrons. The van der Waals surface area contributed by atoms with Crippen LogP contribution in [0.5, 0.6) is 0 Å². The third kappa shape index (κ3) is 3.08. The topological polar surface area (TPSA) is 29.9 Å². The molecule has 0 amide bonds. The summed E-state index contributed by atoms with van der Waals surface area (Å²) >= 11 is 11.8. The first kappa shape index (κ1) is 14.3. The summed E-state index contributed by atoms with van der Waals surface area (Å²) in [6, 6.07) is 2.72. The first-order chi connectivity index (χ1) is 9.02. The minimum absolute atomic E-state index is 0.0120. The van der Waals surface area contributed by atoms with E-state index in [4.69, 9.17) is 23.2 Å². The van der Waals surface area contributed by atoms with E-state index >= 15 is 0 Å². The van der Waals surface area contributed by atoms with Gasteiger partial charge in [0.15, 0.2) is 0 Å². The predicted molar refractivity (Wildman–Crippen MR) is 76.0 cm³/mol. The van der Waals surface area contributed by atoms with Crippen molar-refractivity contribution in [1.82, 2.24) is 15.1 Å². The zero-order valence-electron chi connectivity index (χ0n) is 10.7. The number of aromatic nitrogens is 2. The van der Waals surface area contributed by atoms with Gasteiger partial charge >= 0.3 is 0 Å². The van der Waals surface area contributed by atoms with Gasteiger partial charge in [-0.2, -0.15) is 5.10 Å². The SMILES string of the molecule is CCNCc1cn(C)nc1-c1cc(F)c(Cl)cc1Cl. The van der Waals surface area contributed by atoms with Crippen LogP contribution in [0.2, 0.25) is 10.0 Å². The van der Waals surface area contributed by atoms with Gasteiger partial charge in [0.05, 0.1) is 15.7 Å². The number of nitrogens with zero attached hydrogens (tertiary/aromatic N) is 2. The number of benzene rings is 1. The molecule has 1 aromatic heterocycles. The van der Waals surface area contributed by atoms with Crippen molar-refractivity contribution in [3.63, 3.8) is 0 Å². The average molecular weight is 302 g/mol. The van der Waals surface area contributed by atoms with E-state index in [1.165, 1.54) is 12.1 Å². The van der Waals surface area contributed by atoms with Gasteiger partial charge in [-0.25, -0.2) is 4.39 Å². The molecule has 1 aromatic carbocycles. The quantitative estimate of drug-likeness (QED) is 0.874. The van der Waals surface area contributed by atoms with Crippen molar-refractivity contribution >= 4 is 23.2 Å². The monoisotopic (exact) mass is 301 g/mol. The van der Waals surface area contributed by atoms with E-state index in [-0.39, 0.29) is 5.02 Å². The molecule has 3 nitrogen and oxygen atoms in total. The molecule has 0 aliphatic rings. The lowest BCUT2D eigenvalue weighted by molar-refractivity contribution is 0.628. The molecule has 0 aliphatic heterocycles. The van der Waals surface area contributed by atoms with Gasteiger partial charge in [-0.05, 0) is 18.7 Å². The second-order valence-electron chi connectivity index (χ2n) is 4.20. The van der Waals surface area contributed by atoms with Gasteiger partial charge in [-0.1, -0.05) is 30.1 Å². The Morgan fingerprint density at radius 1 is 1.32 bits per heavy atom. The van der Waals surface area contributed by atoms with Crippen molar-refractivity contribution in [1.29, 1.82) is 0 Å². The molecule has 0 radical (unpaired) electrons. The Balaban J connectivity index is 2.49. The first-order valence-electron chi connectivity index (χ1n) is 5.91. The van der Waals surface area contributed by atoms with Crippen LogP contribution in [0.4, 0.5) is 4.39 Å². The molecule has 0 spiro atoms. The van der Waals surface area contributed by atoms with Crippen molar-refractivity contribution < 1.29 is 4.39 Å². The van der Waals surface area contributed by atoms with Crippen LogP contribution in [0, 0.1) is 5.82 Å². The van der Waals surface area contributed by atoms with E-state index in [0.29, 0.717) is 22.8 Å². The van der Waals surface area contributed by atoms with Crippen LogP contribution in [0.3, 0.4) is 0 Å². The number of hydrogen-bond donors (Lipinski definition) is 1. The lowest BCUT2D eigenvalue weighted by atomic mass is 10.1. The second kappa shape index (κ2) is 5.90. The Labute approximate surface area is 121 Å². The van der Waals surface area contributed by atoms with Gasteiger partial charge in [-0.15, -0.1) is 0 Å². The number of halogens is 3. The van der Waals surface area contributed by atoms with Gasteiger partial charge in [0.2, 0.25) is 0 Å². The molecule has 0 bridgehead atoms. The fraction of sp³-hybridized carbons (Fsp3) is 0.308. The molecule has 0 unspecified atom stereocenters. The number of rotatable bonds is 4. The molecule has 19 heavy (non-hydrogen) atoms. The summed E-state index contributed by atoms with van der Waals surface area (Å²) in [5, 5.41) is 7.97. The average Bonchev–Trinajstić information content (AvgIpc) is 2.72. The molecule has 0 saturated heterocycles. The highest BCUT2D eigenvalue weighted by atomic mass is 35.5. The van der Waals surface area contributed by atoms with Gasteiger partial charge in [0.1, 0.15) is 5.82 Å². The van der Waals surface area contributed by atoms with Crippen LogP contribution in [0.25, 0.3) is 11.3 Å². The molecule has 2 aromatic rings. The summed E-state index contributed by atoms with van der Waals surface area (Å²) in [6.07, 6.45) is 1.89. The number of aryl methyl sites for hydroxylation is 1. The fourth-order valence-electron chi connectivity index (χ4n) is 1.86. The maximum atomic E-state index is 13.6. The van der Waals surface area contributed by atoms with Gasteiger partial charge < -0.3 is 5.32 Å². The Morgan fingerprint density at radius 2 is 2.05 bits per heavy atom. The maximum absolute atomic E-state index is 13.6. The highest BCUT2D eigenvalue weighted by Gasteiger charge is 2.15. The zero-order chi connectivity index (χ0) is 14.0. The van der Waals surface area contributed by atoms with E-state index in [2.05, 4.69) is 10.4 Å². The lowest BCUT2D eigenvalue weighted by Gasteiger charge is -2.06. The molecular formula is C13H14Cl2FN3. The summed E-state index contributed by atoms with van der Waals surface area (Å²) < 4.78 is 15.3. The van der Waals surface area contributed by atoms with Crippen LogP contribution in [0.1, 0.15) is 12.5 Å². The second-order valence-corrected chi connectivity index (χ2v) is 5.02. The molecular weight excluding hydrogens is 288 g/mol. The van der Waals surface area contributed by atoms with Crippen LogP contribution in [-0.4, -0.2) is 16.3 Å². The molecule has 0 aliphatic carbocycles. The largest absolute Gasteiger partial charge is 0.313 e. The van der Waals surface area contributed by atoms with Crippen molar-refractivity contribution in [3.8, 4) is 11.3 Å². The molecule has 6 heteroatoms. The summed E-state index contributed by atoms with van der Waals surface area (Å²) in [7, 11) is 1.82. The van der Waals surface area contributed by atoms with Crippen molar-refractivity contribution in [3.05, 3.63) is 39.8 Å². The molecule has 0 saturated carbocycles. The summed E-state index contributed by atoms with van der Waals surface area (Å²) in [6.45, 7) is 3.52. The minimum atomic E-state index is -0.499. The third-order valence-electron chi connectivity index (χ3n) is 2.74. The molecule has 0 atom stereocenters. The van der Waals surface area contributed by atoms with Crippen molar-refractivity contribution in [2.75, 3.05) is 6.54 Å². The van der Waals surface area contributed by atoms with Crippen LogP contribution >= 0.6 is 23.2 Å². The molecule has 0 fully saturated rings.